The maximum absolute atomic E-state index is 8.57. The van der Waals surface area contributed by atoms with Crippen molar-refractivity contribution in [2.24, 2.45) is 0 Å². The van der Waals surface area contributed by atoms with Gasteiger partial charge in [0.05, 0.1) is 6.33 Å². The third-order valence-corrected chi connectivity index (χ3v) is 0.406. The van der Waals surface area contributed by atoms with Crippen LogP contribution in [0.15, 0.2) is 18.7 Å². The lowest BCUT2D eigenvalue weighted by molar-refractivity contribution is 0.569. The highest BCUT2D eigenvalue weighted by Gasteiger charge is 1.56. The van der Waals surface area contributed by atoms with Crippen LogP contribution in [0.1, 0.15) is 0 Å². The summed E-state index contributed by atoms with van der Waals surface area (Å²) in [6, 6.07) is 0. The van der Waals surface area contributed by atoms with Gasteiger partial charge >= 0.3 is 0 Å². The standard InChI is InChI=1S/C3H4N2.CHClO/c1-2-5-3-4-1;2-1-3/h1-3H,(H,4,5);1H. The molecule has 44 valence electrons. The monoisotopic (exact) mass is 132 g/mol. The molecule has 0 aliphatic carbocycles. The number of nitrogens with one attached hydrogen (secondary N) is 1. The fourth-order valence-corrected chi connectivity index (χ4v) is 0.215. The molecule has 0 aliphatic heterocycles. The molecule has 0 spiro atoms. The number of hydrogen-bond acceptors (Lipinski definition) is 2. The second-order valence-electron chi connectivity index (χ2n) is 0.850. The summed E-state index contributed by atoms with van der Waals surface area (Å²) in [4.78, 5) is 15.0. The number of halogens is 1. The maximum Gasteiger partial charge on any atom is 0.208 e. The van der Waals surface area contributed by atoms with E-state index in [2.05, 4.69) is 21.6 Å². The molecule has 0 atom stereocenters. The Morgan fingerprint density at radius 3 is 2.50 bits per heavy atom. The number of nitrogens with zero attached hydrogens (tertiary/aromatic N) is 1. The fourth-order valence-electron chi connectivity index (χ4n) is 0.215. The van der Waals surface area contributed by atoms with Crippen molar-refractivity contribution in [1.29, 1.82) is 0 Å². The highest BCUT2D eigenvalue weighted by molar-refractivity contribution is 6.54. The minimum atomic E-state index is 0.222. The highest BCUT2D eigenvalue weighted by Crippen LogP contribution is 1.62. The van der Waals surface area contributed by atoms with Crippen LogP contribution in [0.5, 0.6) is 0 Å². The Bertz CT molecular complexity index is 100. The van der Waals surface area contributed by atoms with Crippen LogP contribution in [0, 0.1) is 0 Å². The summed E-state index contributed by atoms with van der Waals surface area (Å²) in [7, 11) is 0. The molecule has 0 fully saturated rings. The normalized spacial score (nSPS) is 6.62. The van der Waals surface area contributed by atoms with Gasteiger partial charge in [-0.2, -0.15) is 0 Å². The second kappa shape index (κ2) is 6.17. The molecule has 0 bridgehead atoms. The average Bonchev–Trinajstić information content (AvgIpc) is 2.17. The number of imidazole rings is 1. The van der Waals surface area contributed by atoms with Gasteiger partial charge in [-0.1, -0.05) is 0 Å². The molecule has 1 aromatic rings. The van der Waals surface area contributed by atoms with Crippen molar-refractivity contribution in [2.75, 3.05) is 0 Å². The Morgan fingerprint density at radius 2 is 2.38 bits per heavy atom. The van der Waals surface area contributed by atoms with Crippen LogP contribution in [0.4, 0.5) is 0 Å². The van der Waals surface area contributed by atoms with Gasteiger partial charge < -0.3 is 4.98 Å². The smallest absolute Gasteiger partial charge is 0.208 e. The van der Waals surface area contributed by atoms with Crippen molar-refractivity contribution >= 4 is 17.3 Å². The molecule has 0 radical (unpaired) electrons. The molecule has 0 aliphatic rings. The predicted molar refractivity (Wildman–Crippen MR) is 31.2 cm³/mol. The molecule has 1 aromatic heterocycles. The topological polar surface area (TPSA) is 45.8 Å². The van der Waals surface area contributed by atoms with E-state index in [1.165, 1.54) is 0 Å². The minimum absolute atomic E-state index is 0.222. The van der Waals surface area contributed by atoms with Crippen LogP contribution < -0.4 is 0 Å². The first-order valence-electron chi connectivity index (χ1n) is 1.88. The summed E-state index contributed by atoms with van der Waals surface area (Å²) >= 11 is 4.32. The molecule has 1 heterocycles. The molecule has 0 saturated carbocycles. The van der Waals surface area contributed by atoms with Gasteiger partial charge in [0.1, 0.15) is 0 Å². The number of aromatic amines is 1. The van der Waals surface area contributed by atoms with Crippen molar-refractivity contribution in [3.63, 3.8) is 0 Å². The Hall–Kier alpha value is -0.830. The first-order valence-corrected chi connectivity index (χ1v) is 2.32. The van der Waals surface area contributed by atoms with Crippen LogP contribution >= 0.6 is 11.6 Å². The molecular weight excluding hydrogens is 128 g/mol. The number of H-pyrrole nitrogens is 1. The zero-order valence-corrected chi connectivity index (χ0v) is 4.80. The van der Waals surface area contributed by atoms with Gasteiger partial charge in [0.15, 0.2) is 0 Å². The molecule has 3 nitrogen and oxygen atoms in total. The Kier molecular flexibility index (Phi) is 5.53. The third kappa shape index (κ3) is 5.17. The van der Waals surface area contributed by atoms with E-state index in [4.69, 9.17) is 4.79 Å². The molecule has 1 rings (SSSR count). The summed E-state index contributed by atoms with van der Waals surface area (Å²) in [5.74, 6) is 0.222. The quantitative estimate of drug-likeness (QED) is 0.420. The van der Waals surface area contributed by atoms with Crippen molar-refractivity contribution in [2.45, 2.75) is 0 Å². The lowest BCUT2D eigenvalue weighted by atomic mass is 11.0. The van der Waals surface area contributed by atoms with Gasteiger partial charge in [-0.25, -0.2) is 4.98 Å². The number of carbonyl (C=O) groups excluding carboxylic acids is 1. The number of hydrogen-bond donors (Lipinski definition) is 1. The van der Waals surface area contributed by atoms with Crippen molar-refractivity contribution in [1.82, 2.24) is 9.97 Å². The molecule has 4 heteroatoms. The summed E-state index contributed by atoms with van der Waals surface area (Å²) in [6.07, 6.45) is 5.08. The van der Waals surface area contributed by atoms with Gasteiger partial charge in [-0.3, -0.25) is 4.79 Å². The van der Waals surface area contributed by atoms with Gasteiger partial charge in [0.25, 0.3) is 0 Å². The molecule has 0 unspecified atom stereocenters. The van der Waals surface area contributed by atoms with Gasteiger partial charge in [0.2, 0.25) is 5.75 Å². The van der Waals surface area contributed by atoms with E-state index in [1.54, 1.807) is 18.7 Å². The molecule has 0 aromatic carbocycles. The SMILES string of the molecule is O=CCl.c1c[nH]cn1. The molecule has 1 N–H and O–H groups in total. The zero-order valence-electron chi connectivity index (χ0n) is 4.04. The Morgan fingerprint density at radius 1 is 1.75 bits per heavy atom. The first kappa shape index (κ1) is 7.17. The maximum atomic E-state index is 8.57. The third-order valence-electron chi connectivity index (χ3n) is 0.406. The van der Waals surface area contributed by atoms with E-state index in [0.717, 1.165) is 0 Å². The zero-order chi connectivity index (χ0) is 6.24. The van der Waals surface area contributed by atoms with E-state index in [0.29, 0.717) is 0 Å². The van der Waals surface area contributed by atoms with Crippen LogP contribution in [0.2, 0.25) is 0 Å². The highest BCUT2D eigenvalue weighted by atomic mass is 35.5. The first-order chi connectivity index (χ1) is 3.91. The van der Waals surface area contributed by atoms with Crippen molar-refractivity contribution in [3.8, 4) is 0 Å². The molecule has 0 amide bonds. The molecule has 0 saturated heterocycles. The predicted octanol–water partition coefficient (Wildman–Crippen LogP) is 0.825. The second-order valence-corrected chi connectivity index (χ2v) is 1.03. The van der Waals surface area contributed by atoms with E-state index in [-0.39, 0.29) is 5.75 Å². The summed E-state index contributed by atoms with van der Waals surface area (Å²) < 4.78 is 0. The summed E-state index contributed by atoms with van der Waals surface area (Å²) in [5, 5.41) is 0. The average molecular weight is 133 g/mol. The van der Waals surface area contributed by atoms with E-state index < -0.39 is 0 Å². The van der Waals surface area contributed by atoms with Crippen LogP contribution in [-0.2, 0) is 4.79 Å². The number of rotatable bonds is 0. The van der Waals surface area contributed by atoms with E-state index >= 15 is 0 Å². The van der Waals surface area contributed by atoms with Gasteiger partial charge in [0, 0.05) is 12.4 Å². The lowest BCUT2D eigenvalue weighted by Gasteiger charge is -1.46. The minimum Gasteiger partial charge on any atom is -0.351 e. The van der Waals surface area contributed by atoms with Crippen LogP contribution in [0.3, 0.4) is 0 Å². The Labute approximate surface area is 51.7 Å². The number of aromatic nitrogens is 2. The van der Waals surface area contributed by atoms with E-state index in [9.17, 15) is 0 Å². The van der Waals surface area contributed by atoms with Crippen molar-refractivity contribution in [3.05, 3.63) is 18.7 Å². The molecular formula is C4H5ClN2O. The largest absolute Gasteiger partial charge is 0.351 e. The number of carbonyl (C=O) groups is 1. The van der Waals surface area contributed by atoms with Gasteiger partial charge in [-0.15, -0.1) is 0 Å². The lowest BCUT2D eigenvalue weighted by Crippen LogP contribution is -1.44. The van der Waals surface area contributed by atoms with Crippen molar-refractivity contribution < 1.29 is 4.79 Å². The summed E-state index contributed by atoms with van der Waals surface area (Å²) in [6.45, 7) is 0. The Balaban J connectivity index is 0.000000145. The van der Waals surface area contributed by atoms with Crippen LogP contribution in [0.25, 0.3) is 0 Å². The fraction of sp³-hybridized carbons (Fsp3) is 0. The van der Waals surface area contributed by atoms with Gasteiger partial charge in [-0.05, 0) is 11.6 Å². The van der Waals surface area contributed by atoms with Crippen LogP contribution in [-0.4, -0.2) is 15.7 Å². The summed E-state index contributed by atoms with van der Waals surface area (Å²) in [5.41, 5.74) is 0. The van der Waals surface area contributed by atoms with E-state index in [1.807, 2.05) is 0 Å². The molecule has 8 heavy (non-hydrogen) atoms.